The fraction of sp³-hybridized carbons (Fsp3) is 0.462. The lowest BCUT2D eigenvalue weighted by Gasteiger charge is -2.11. The Balaban J connectivity index is 2.82. The largest absolute Gasteiger partial charge is 0.491 e. The standard InChI is InChI=1S/C13H18O3/c1-4-12(14)11-6-5-7-13(10(11)2)16-9-8-15-3/h5-7H,4,8-9H2,1-3H3. The van der Waals surface area contributed by atoms with Crippen LogP contribution in [0.2, 0.25) is 0 Å². The van der Waals surface area contributed by atoms with Gasteiger partial charge in [0.25, 0.3) is 0 Å². The minimum absolute atomic E-state index is 0.148. The third-order valence-electron chi connectivity index (χ3n) is 2.45. The Labute approximate surface area is 96.4 Å². The molecule has 0 fully saturated rings. The Morgan fingerprint density at radius 3 is 2.69 bits per heavy atom. The normalized spacial score (nSPS) is 10.2. The highest BCUT2D eigenvalue weighted by Crippen LogP contribution is 2.22. The first-order valence-electron chi connectivity index (χ1n) is 5.45. The maximum absolute atomic E-state index is 11.6. The van der Waals surface area contributed by atoms with Crippen molar-refractivity contribution in [3.63, 3.8) is 0 Å². The van der Waals surface area contributed by atoms with Crippen molar-refractivity contribution in [3.05, 3.63) is 29.3 Å². The number of ether oxygens (including phenoxy) is 2. The highest BCUT2D eigenvalue weighted by molar-refractivity contribution is 5.97. The predicted molar refractivity (Wildman–Crippen MR) is 63.2 cm³/mol. The highest BCUT2D eigenvalue weighted by Gasteiger charge is 2.10. The molecule has 1 aromatic carbocycles. The van der Waals surface area contributed by atoms with Gasteiger partial charge in [0, 0.05) is 24.7 Å². The molecule has 0 aliphatic rings. The number of methoxy groups -OCH3 is 1. The van der Waals surface area contributed by atoms with Crippen LogP contribution in [-0.4, -0.2) is 26.1 Å². The second-order valence-electron chi connectivity index (χ2n) is 3.55. The average molecular weight is 222 g/mol. The third-order valence-corrected chi connectivity index (χ3v) is 2.45. The molecule has 0 atom stereocenters. The van der Waals surface area contributed by atoms with Crippen molar-refractivity contribution in [3.8, 4) is 5.75 Å². The number of carbonyl (C=O) groups is 1. The Morgan fingerprint density at radius 2 is 2.06 bits per heavy atom. The Bertz CT molecular complexity index is 358. The Morgan fingerprint density at radius 1 is 1.31 bits per heavy atom. The van der Waals surface area contributed by atoms with E-state index in [1.165, 1.54) is 0 Å². The van der Waals surface area contributed by atoms with Crippen LogP contribution >= 0.6 is 0 Å². The lowest BCUT2D eigenvalue weighted by atomic mass is 10.0. The van der Waals surface area contributed by atoms with Crippen molar-refractivity contribution in [2.75, 3.05) is 20.3 Å². The van der Waals surface area contributed by atoms with Crippen LogP contribution < -0.4 is 4.74 Å². The Hall–Kier alpha value is -1.35. The molecule has 0 heterocycles. The topological polar surface area (TPSA) is 35.5 Å². The van der Waals surface area contributed by atoms with E-state index in [1.54, 1.807) is 7.11 Å². The molecule has 1 aromatic rings. The summed E-state index contributed by atoms with van der Waals surface area (Å²) < 4.78 is 10.4. The number of ketones is 1. The van der Waals surface area contributed by atoms with Gasteiger partial charge in [-0.1, -0.05) is 19.1 Å². The van der Waals surface area contributed by atoms with Crippen LogP contribution in [0.1, 0.15) is 29.3 Å². The molecule has 0 aliphatic heterocycles. The molecule has 0 saturated carbocycles. The molecule has 1 rings (SSSR count). The molecule has 0 unspecified atom stereocenters. The molecule has 88 valence electrons. The maximum Gasteiger partial charge on any atom is 0.163 e. The molecule has 0 aliphatic carbocycles. The molecule has 3 nitrogen and oxygen atoms in total. The molecule has 0 N–H and O–H groups in total. The summed E-state index contributed by atoms with van der Waals surface area (Å²) >= 11 is 0. The zero-order valence-corrected chi connectivity index (χ0v) is 10.1. The van der Waals surface area contributed by atoms with Crippen LogP contribution in [0.5, 0.6) is 5.75 Å². The first kappa shape index (κ1) is 12.7. The van der Waals surface area contributed by atoms with E-state index in [2.05, 4.69) is 0 Å². The van der Waals surface area contributed by atoms with Gasteiger partial charge in [-0.2, -0.15) is 0 Å². The van der Waals surface area contributed by atoms with Gasteiger partial charge in [0.1, 0.15) is 12.4 Å². The lowest BCUT2D eigenvalue weighted by Crippen LogP contribution is -2.07. The number of carbonyl (C=O) groups excluding carboxylic acids is 1. The second kappa shape index (κ2) is 6.28. The summed E-state index contributed by atoms with van der Waals surface area (Å²) in [7, 11) is 1.63. The summed E-state index contributed by atoms with van der Waals surface area (Å²) in [5.74, 6) is 0.908. The van der Waals surface area contributed by atoms with Crippen molar-refractivity contribution < 1.29 is 14.3 Å². The molecule has 0 aromatic heterocycles. The van der Waals surface area contributed by atoms with Gasteiger partial charge in [-0.3, -0.25) is 4.79 Å². The lowest BCUT2D eigenvalue weighted by molar-refractivity contribution is 0.0986. The van der Waals surface area contributed by atoms with Gasteiger partial charge in [0.15, 0.2) is 5.78 Å². The first-order chi connectivity index (χ1) is 7.70. The van der Waals surface area contributed by atoms with Gasteiger partial charge in [-0.05, 0) is 13.0 Å². The second-order valence-corrected chi connectivity index (χ2v) is 3.55. The minimum atomic E-state index is 0.148. The van der Waals surface area contributed by atoms with Gasteiger partial charge in [0.05, 0.1) is 6.61 Å². The van der Waals surface area contributed by atoms with E-state index >= 15 is 0 Å². The molecule has 16 heavy (non-hydrogen) atoms. The molecule has 0 amide bonds. The van der Waals surface area contributed by atoms with Crippen molar-refractivity contribution in [2.45, 2.75) is 20.3 Å². The van der Waals surface area contributed by atoms with Crippen LogP contribution in [0.15, 0.2) is 18.2 Å². The zero-order valence-electron chi connectivity index (χ0n) is 10.1. The fourth-order valence-electron chi connectivity index (χ4n) is 1.50. The SMILES string of the molecule is CCC(=O)c1cccc(OCCOC)c1C. The van der Waals surface area contributed by atoms with Crippen LogP contribution in [-0.2, 0) is 4.74 Å². The van der Waals surface area contributed by atoms with Gasteiger partial charge in [-0.25, -0.2) is 0 Å². The van der Waals surface area contributed by atoms with Crippen molar-refractivity contribution in [1.82, 2.24) is 0 Å². The van der Waals surface area contributed by atoms with Crippen LogP contribution in [0, 0.1) is 6.92 Å². The number of hydrogen-bond acceptors (Lipinski definition) is 3. The molecular formula is C13H18O3. The monoisotopic (exact) mass is 222 g/mol. The summed E-state index contributed by atoms with van der Waals surface area (Å²) in [6.45, 7) is 4.82. The zero-order chi connectivity index (χ0) is 12.0. The van der Waals surface area contributed by atoms with Crippen LogP contribution in [0.25, 0.3) is 0 Å². The van der Waals surface area contributed by atoms with Gasteiger partial charge in [-0.15, -0.1) is 0 Å². The van der Waals surface area contributed by atoms with E-state index in [0.717, 1.165) is 16.9 Å². The van der Waals surface area contributed by atoms with Crippen molar-refractivity contribution >= 4 is 5.78 Å². The molecule has 0 bridgehead atoms. The van der Waals surface area contributed by atoms with Crippen LogP contribution in [0.4, 0.5) is 0 Å². The fourth-order valence-corrected chi connectivity index (χ4v) is 1.50. The molecular weight excluding hydrogens is 204 g/mol. The number of rotatable bonds is 6. The Kier molecular flexibility index (Phi) is 4.99. The van der Waals surface area contributed by atoms with E-state index in [1.807, 2.05) is 32.0 Å². The number of Topliss-reactive ketones (excluding diaryl/α,β-unsaturated/α-hetero) is 1. The quantitative estimate of drug-likeness (QED) is 0.548. The number of hydrogen-bond donors (Lipinski definition) is 0. The van der Waals surface area contributed by atoms with E-state index in [9.17, 15) is 4.79 Å². The number of benzene rings is 1. The van der Waals surface area contributed by atoms with E-state index < -0.39 is 0 Å². The summed E-state index contributed by atoms with van der Waals surface area (Å²) in [4.78, 5) is 11.6. The smallest absolute Gasteiger partial charge is 0.163 e. The maximum atomic E-state index is 11.6. The third kappa shape index (κ3) is 3.07. The van der Waals surface area contributed by atoms with E-state index in [0.29, 0.717) is 19.6 Å². The first-order valence-corrected chi connectivity index (χ1v) is 5.45. The summed E-state index contributed by atoms with van der Waals surface area (Å²) in [6, 6.07) is 5.56. The van der Waals surface area contributed by atoms with Gasteiger partial charge in [0.2, 0.25) is 0 Å². The summed E-state index contributed by atoms with van der Waals surface area (Å²) in [5, 5.41) is 0. The van der Waals surface area contributed by atoms with Crippen molar-refractivity contribution in [2.24, 2.45) is 0 Å². The molecule has 0 radical (unpaired) electrons. The highest BCUT2D eigenvalue weighted by atomic mass is 16.5. The molecule has 0 saturated heterocycles. The summed E-state index contributed by atoms with van der Waals surface area (Å²) in [5.41, 5.74) is 1.66. The van der Waals surface area contributed by atoms with Crippen molar-refractivity contribution in [1.29, 1.82) is 0 Å². The average Bonchev–Trinajstić information content (AvgIpc) is 2.30. The van der Waals surface area contributed by atoms with Crippen LogP contribution in [0.3, 0.4) is 0 Å². The minimum Gasteiger partial charge on any atom is -0.491 e. The van der Waals surface area contributed by atoms with E-state index in [-0.39, 0.29) is 5.78 Å². The van der Waals surface area contributed by atoms with Gasteiger partial charge < -0.3 is 9.47 Å². The summed E-state index contributed by atoms with van der Waals surface area (Å²) in [6.07, 6.45) is 0.516. The van der Waals surface area contributed by atoms with Gasteiger partial charge >= 0.3 is 0 Å². The van der Waals surface area contributed by atoms with E-state index in [4.69, 9.17) is 9.47 Å². The molecule has 3 heteroatoms. The predicted octanol–water partition coefficient (Wildman–Crippen LogP) is 2.61. The molecule has 0 spiro atoms.